The summed E-state index contributed by atoms with van der Waals surface area (Å²) in [5, 5.41) is 5.59. The van der Waals surface area contributed by atoms with Crippen LogP contribution in [0.1, 0.15) is 34.6 Å². The molecular weight excluding hydrogens is 308 g/mol. The zero-order valence-corrected chi connectivity index (χ0v) is 15.1. The zero-order valence-electron chi connectivity index (χ0n) is 15.1. The minimum Gasteiger partial charge on any atom is -0.491 e. The van der Waals surface area contributed by atoms with Gasteiger partial charge in [-0.2, -0.15) is 0 Å². The summed E-state index contributed by atoms with van der Waals surface area (Å²) in [6, 6.07) is 7.44. The molecule has 0 aliphatic rings. The Labute approximate surface area is 143 Å². The smallest absolute Gasteiger partial charge is 0.407 e. The van der Waals surface area contributed by atoms with Crippen LogP contribution in [-0.2, 0) is 4.74 Å². The van der Waals surface area contributed by atoms with Crippen LogP contribution >= 0.6 is 0 Å². The molecule has 0 aliphatic carbocycles. The molecule has 0 unspecified atom stereocenters. The van der Waals surface area contributed by atoms with Gasteiger partial charge in [-0.1, -0.05) is 0 Å². The lowest BCUT2D eigenvalue weighted by atomic mass is 10.2. The Morgan fingerprint density at radius 2 is 1.88 bits per heavy atom. The second-order valence-electron chi connectivity index (χ2n) is 6.51. The fourth-order valence-electron chi connectivity index (χ4n) is 1.72. The number of nitrogens with zero attached hydrogens (tertiary/aromatic N) is 1. The van der Waals surface area contributed by atoms with E-state index in [1.807, 2.05) is 58.9 Å². The fourth-order valence-corrected chi connectivity index (χ4v) is 1.72. The van der Waals surface area contributed by atoms with Gasteiger partial charge in [0.15, 0.2) is 5.96 Å². The number of guanidine groups is 1. The van der Waals surface area contributed by atoms with E-state index in [-0.39, 0.29) is 12.1 Å². The average Bonchev–Trinajstić information content (AvgIpc) is 2.43. The third-order valence-corrected chi connectivity index (χ3v) is 2.56. The second kappa shape index (κ2) is 9.00. The van der Waals surface area contributed by atoms with Gasteiger partial charge in [0.1, 0.15) is 11.4 Å². The number of ether oxygens (including phenoxy) is 2. The van der Waals surface area contributed by atoms with Gasteiger partial charge in [-0.15, -0.1) is 0 Å². The summed E-state index contributed by atoms with van der Waals surface area (Å²) in [6.07, 6.45) is -0.335. The van der Waals surface area contributed by atoms with Crippen LogP contribution in [0.2, 0.25) is 0 Å². The Balaban J connectivity index is 2.35. The van der Waals surface area contributed by atoms with E-state index in [0.717, 1.165) is 11.4 Å². The summed E-state index contributed by atoms with van der Waals surface area (Å²) >= 11 is 0. The zero-order chi connectivity index (χ0) is 18.2. The molecule has 0 fully saturated rings. The van der Waals surface area contributed by atoms with Crippen LogP contribution in [-0.4, -0.2) is 36.8 Å². The molecule has 0 saturated heterocycles. The van der Waals surface area contributed by atoms with Crippen LogP contribution in [0.5, 0.6) is 5.75 Å². The Kier molecular flexibility index (Phi) is 7.35. The van der Waals surface area contributed by atoms with Gasteiger partial charge in [-0.25, -0.2) is 4.79 Å². The standard InChI is InChI=1S/C17H28N4O3/c1-12(2)23-14-8-6-13(7-9-14)21-15(18)19-10-11-20-16(22)24-17(3,4)5/h6-9,12H,10-11H2,1-5H3,(H,20,22)(H3,18,19,21). The highest BCUT2D eigenvalue weighted by atomic mass is 16.6. The fraction of sp³-hybridized carbons (Fsp3) is 0.529. The topological polar surface area (TPSA) is 98.0 Å². The highest BCUT2D eigenvalue weighted by Gasteiger charge is 2.15. The van der Waals surface area contributed by atoms with E-state index < -0.39 is 11.7 Å². The summed E-state index contributed by atoms with van der Waals surface area (Å²) in [4.78, 5) is 15.6. The lowest BCUT2D eigenvalue weighted by molar-refractivity contribution is 0.0529. The molecule has 0 atom stereocenters. The van der Waals surface area contributed by atoms with Gasteiger partial charge in [0.25, 0.3) is 0 Å². The van der Waals surface area contributed by atoms with Gasteiger partial charge < -0.3 is 25.8 Å². The Morgan fingerprint density at radius 3 is 2.42 bits per heavy atom. The summed E-state index contributed by atoms with van der Waals surface area (Å²) in [5.74, 6) is 1.08. The maximum Gasteiger partial charge on any atom is 0.407 e. The van der Waals surface area contributed by atoms with E-state index in [9.17, 15) is 4.79 Å². The number of hydrogen-bond donors (Lipinski definition) is 3. The number of carbonyl (C=O) groups excluding carboxylic acids is 1. The Morgan fingerprint density at radius 1 is 1.25 bits per heavy atom. The number of aliphatic imine (C=N–C) groups is 1. The number of benzene rings is 1. The van der Waals surface area contributed by atoms with Gasteiger partial charge in [0.05, 0.1) is 12.6 Å². The van der Waals surface area contributed by atoms with Crippen LogP contribution in [0.4, 0.5) is 10.5 Å². The van der Waals surface area contributed by atoms with Crippen LogP contribution in [0.15, 0.2) is 29.3 Å². The normalized spacial score (nSPS) is 12.0. The first-order valence-electron chi connectivity index (χ1n) is 7.96. The van der Waals surface area contributed by atoms with Gasteiger partial charge >= 0.3 is 6.09 Å². The number of alkyl carbamates (subject to hydrolysis) is 1. The van der Waals surface area contributed by atoms with Crippen molar-refractivity contribution in [2.45, 2.75) is 46.3 Å². The maximum atomic E-state index is 11.5. The Bertz CT molecular complexity index is 548. The number of nitrogens with one attached hydrogen (secondary N) is 2. The van der Waals surface area contributed by atoms with Crippen molar-refractivity contribution >= 4 is 17.7 Å². The van der Waals surface area contributed by atoms with E-state index in [4.69, 9.17) is 15.2 Å². The highest BCUT2D eigenvalue weighted by Crippen LogP contribution is 2.16. The minimum atomic E-state index is -0.515. The molecule has 1 aromatic carbocycles. The van der Waals surface area contributed by atoms with Gasteiger partial charge in [0.2, 0.25) is 0 Å². The second-order valence-corrected chi connectivity index (χ2v) is 6.51. The van der Waals surface area contributed by atoms with E-state index in [0.29, 0.717) is 13.1 Å². The molecule has 7 nitrogen and oxygen atoms in total. The van der Waals surface area contributed by atoms with Gasteiger partial charge in [0, 0.05) is 12.2 Å². The predicted octanol–water partition coefficient (Wildman–Crippen LogP) is 2.73. The largest absolute Gasteiger partial charge is 0.491 e. The lowest BCUT2D eigenvalue weighted by Crippen LogP contribution is -2.34. The van der Waals surface area contributed by atoms with Gasteiger partial charge in [-0.05, 0) is 58.9 Å². The van der Waals surface area contributed by atoms with E-state index >= 15 is 0 Å². The maximum absolute atomic E-state index is 11.5. The molecule has 0 saturated carbocycles. The molecule has 1 amide bonds. The molecule has 1 rings (SSSR count). The number of anilines is 1. The van der Waals surface area contributed by atoms with Crippen molar-refractivity contribution < 1.29 is 14.3 Å². The first kappa shape index (κ1) is 19.6. The first-order chi connectivity index (χ1) is 11.2. The number of hydrogen-bond acceptors (Lipinski definition) is 4. The number of carbonyl (C=O) groups is 1. The van der Waals surface area contributed by atoms with Crippen LogP contribution < -0.4 is 21.1 Å². The van der Waals surface area contributed by atoms with Gasteiger partial charge in [-0.3, -0.25) is 4.99 Å². The van der Waals surface area contributed by atoms with Crippen molar-refractivity contribution in [3.05, 3.63) is 24.3 Å². The molecule has 0 aliphatic heterocycles. The predicted molar refractivity (Wildman–Crippen MR) is 96.6 cm³/mol. The SMILES string of the molecule is CC(C)Oc1ccc(NC(N)=NCCNC(=O)OC(C)(C)C)cc1. The van der Waals surface area contributed by atoms with Crippen molar-refractivity contribution in [2.75, 3.05) is 18.4 Å². The summed E-state index contributed by atoms with van der Waals surface area (Å²) in [7, 11) is 0. The quantitative estimate of drug-likeness (QED) is 0.421. The number of amides is 1. The molecule has 0 spiro atoms. The molecule has 1 aromatic rings. The summed E-state index contributed by atoms with van der Waals surface area (Å²) in [6.45, 7) is 10.1. The van der Waals surface area contributed by atoms with Crippen LogP contribution in [0.3, 0.4) is 0 Å². The number of nitrogens with two attached hydrogens (primary N) is 1. The monoisotopic (exact) mass is 336 g/mol. The van der Waals surface area contributed by atoms with Crippen molar-refractivity contribution in [2.24, 2.45) is 10.7 Å². The van der Waals surface area contributed by atoms with Crippen molar-refractivity contribution in [1.82, 2.24) is 5.32 Å². The third-order valence-electron chi connectivity index (χ3n) is 2.56. The van der Waals surface area contributed by atoms with Crippen molar-refractivity contribution in [3.8, 4) is 5.75 Å². The molecular formula is C17H28N4O3. The summed E-state index contributed by atoms with van der Waals surface area (Å²) in [5.41, 5.74) is 6.10. The molecule has 134 valence electrons. The first-order valence-corrected chi connectivity index (χ1v) is 7.96. The van der Waals surface area contributed by atoms with E-state index in [1.54, 1.807) is 0 Å². The highest BCUT2D eigenvalue weighted by molar-refractivity contribution is 5.92. The van der Waals surface area contributed by atoms with Crippen LogP contribution in [0.25, 0.3) is 0 Å². The summed E-state index contributed by atoms with van der Waals surface area (Å²) < 4.78 is 10.7. The average molecular weight is 336 g/mol. The molecule has 7 heteroatoms. The molecule has 0 bridgehead atoms. The molecule has 24 heavy (non-hydrogen) atoms. The van der Waals surface area contributed by atoms with E-state index in [2.05, 4.69) is 15.6 Å². The number of rotatable bonds is 6. The minimum absolute atomic E-state index is 0.132. The molecule has 4 N–H and O–H groups in total. The third kappa shape index (κ3) is 8.87. The molecule has 0 heterocycles. The molecule has 0 radical (unpaired) electrons. The lowest BCUT2D eigenvalue weighted by Gasteiger charge is -2.19. The van der Waals surface area contributed by atoms with Crippen molar-refractivity contribution in [1.29, 1.82) is 0 Å². The van der Waals surface area contributed by atoms with E-state index in [1.165, 1.54) is 0 Å². The molecule has 0 aromatic heterocycles. The van der Waals surface area contributed by atoms with Crippen molar-refractivity contribution in [3.63, 3.8) is 0 Å². The van der Waals surface area contributed by atoms with Crippen LogP contribution in [0, 0.1) is 0 Å². The Hall–Kier alpha value is -2.44.